The van der Waals surface area contributed by atoms with Gasteiger partial charge in [0, 0.05) is 27.3 Å². The molecule has 2 heteroatoms. The van der Waals surface area contributed by atoms with Crippen LogP contribution in [0.25, 0.3) is 26.7 Å². The maximum Gasteiger partial charge on any atom is 0.189 e. The predicted molar refractivity (Wildman–Crippen MR) is 80.7 cm³/mol. The molecule has 0 amide bonds. The van der Waals surface area contributed by atoms with Gasteiger partial charge in [0.1, 0.15) is 0 Å². The van der Waals surface area contributed by atoms with Crippen molar-refractivity contribution in [1.29, 1.82) is 0 Å². The molecule has 0 saturated carbocycles. The first-order valence-corrected chi connectivity index (χ1v) is 6.43. The molecule has 3 rings (SSSR count). The molecule has 0 atom stereocenters. The molecule has 0 aliphatic heterocycles. The lowest BCUT2D eigenvalue weighted by molar-refractivity contribution is 0.423. The highest BCUT2D eigenvalue weighted by Crippen LogP contribution is 2.35. The summed E-state index contributed by atoms with van der Waals surface area (Å²) in [7, 11) is 0. The Labute approximate surface area is 113 Å². The SMILES string of the molecule is [C-]#[N+]c1ccc2c3ccccc3n(C(C)(C)C)c2c1. The first kappa shape index (κ1) is 11.8. The van der Waals surface area contributed by atoms with Gasteiger partial charge in [-0.05, 0) is 32.9 Å². The predicted octanol–water partition coefficient (Wildman–Crippen LogP) is 5.10. The maximum atomic E-state index is 7.20. The molecule has 0 spiro atoms. The summed E-state index contributed by atoms with van der Waals surface area (Å²) in [6.07, 6.45) is 0. The van der Waals surface area contributed by atoms with Crippen LogP contribution in [0.2, 0.25) is 0 Å². The van der Waals surface area contributed by atoms with Gasteiger partial charge in [-0.1, -0.05) is 30.3 Å². The lowest BCUT2D eigenvalue weighted by Gasteiger charge is -2.24. The van der Waals surface area contributed by atoms with Crippen LogP contribution in [0, 0.1) is 6.57 Å². The van der Waals surface area contributed by atoms with Gasteiger partial charge in [0.05, 0.1) is 6.57 Å². The molecule has 0 radical (unpaired) electrons. The van der Waals surface area contributed by atoms with Gasteiger partial charge in [-0.2, -0.15) is 0 Å². The summed E-state index contributed by atoms with van der Waals surface area (Å²) in [5.41, 5.74) is 3.05. The van der Waals surface area contributed by atoms with Gasteiger partial charge in [-0.25, -0.2) is 4.85 Å². The van der Waals surface area contributed by atoms with E-state index in [9.17, 15) is 0 Å². The fourth-order valence-corrected chi connectivity index (χ4v) is 2.75. The quantitative estimate of drug-likeness (QED) is 0.489. The number of nitrogens with zero attached hydrogens (tertiary/aromatic N) is 2. The van der Waals surface area contributed by atoms with Gasteiger partial charge in [0.2, 0.25) is 0 Å². The minimum atomic E-state index is -0.0119. The van der Waals surface area contributed by atoms with E-state index in [1.807, 2.05) is 12.1 Å². The van der Waals surface area contributed by atoms with Crippen molar-refractivity contribution >= 4 is 27.5 Å². The van der Waals surface area contributed by atoms with E-state index in [1.54, 1.807) is 0 Å². The highest BCUT2D eigenvalue weighted by molar-refractivity contribution is 6.09. The highest BCUT2D eigenvalue weighted by Gasteiger charge is 2.20. The van der Waals surface area contributed by atoms with Gasteiger partial charge >= 0.3 is 0 Å². The molecule has 0 unspecified atom stereocenters. The van der Waals surface area contributed by atoms with Crippen molar-refractivity contribution in [1.82, 2.24) is 4.57 Å². The number of fused-ring (bicyclic) bond motifs is 3. The Morgan fingerprint density at radius 1 is 0.947 bits per heavy atom. The van der Waals surface area contributed by atoms with Crippen LogP contribution in [0.1, 0.15) is 20.8 Å². The summed E-state index contributed by atoms with van der Waals surface area (Å²) in [6, 6.07) is 14.4. The van der Waals surface area contributed by atoms with Crippen LogP contribution < -0.4 is 0 Å². The number of hydrogen-bond acceptors (Lipinski definition) is 0. The van der Waals surface area contributed by atoms with Crippen LogP contribution in [-0.2, 0) is 5.54 Å². The Morgan fingerprint density at radius 2 is 1.63 bits per heavy atom. The van der Waals surface area contributed by atoms with Crippen molar-refractivity contribution in [2.45, 2.75) is 26.3 Å². The summed E-state index contributed by atoms with van der Waals surface area (Å²) in [6.45, 7) is 13.8. The molecular weight excluding hydrogens is 232 g/mol. The normalized spacial score (nSPS) is 11.9. The van der Waals surface area contributed by atoms with Crippen LogP contribution in [0.3, 0.4) is 0 Å². The Kier molecular flexibility index (Phi) is 2.40. The molecule has 0 aliphatic rings. The largest absolute Gasteiger partial charge is 0.336 e. The average molecular weight is 248 g/mol. The lowest BCUT2D eigenvalue weighted by Crippen LogP contribution is -2.21. The third-order valence-corrected chi connectivity index (χ3v) is 3.46. The summed E-state index contributed by atoms with van der Waals surface area (Å²) in [5, 5.41) is 2.47. The summed E-state index contributed by atoms with van der Waals surface area (Å²) >= 11 is 0. The summed E-state index contributed by atoms with van der Waals surface area (Å²) < 4.78 is 2.33. The molecule has 0 bridgehead atoms. The second kappa shape index (κ2) is 3.86. The number of hydrogen-bond donors (Lipinski definition) is 0. The van der Waals surface area contributed by atoms with Gasteiger partial charge in [0.25, 0.3) is 0 Å². The van der Waals surface area contributed by atoms with Crippen molar-refractivity contribution in [3.63, 3.8) is 0 Å². The minimum Gasteiger partial charge on any atom is -0.336 e. The van der Waals surface area contributed by atoms with Crippen LogP contribution in [0.4, 0.5) is 5.69 Å². The smallest absolute Gasteiger partial charge is 0.189 e. The molecule has 0 fully saturated rings. The maximum absolute atomic E-state index is 7.20. The molecule has 0 N–H and O–H groups in total. The molecule has 1 aromatic heterocycles. The van der Waals surface area contributed by atoms with E-state index < -0.39 is 0 Å². The molecule has 2 aromatic carbocycles. The zero-order valence-electron chi connectivity index (χ0n) is 11.4. The van der Waals surface area contributed by atoms with Gasteiger partial charge < -0.3 is 4.57 Å². The topological polar surface area (TPSA) is 9.29 Å². The molecule has 0 aliphatic carbocycles. The van der Waals surface area contributed by atoms with Crippen LogP contribution in [0.5, 0.6) is 0 Å². The standard InChI is InChI=1S/C17H16N2/c1-17(2,3)19-15-8-6-5-7-13(15)14-10-9-12(18-4)11-16(14)19/h5-11H,1-3H3. The number of benzene rings is 2. The van der Waals surface area contributed by atoms with Crippen LogP contribution >= 0.6 is 0 Å². The second-order valence-corrected chi connectivity index (χ2v) is 5.84. The van der Waals surface area contributed by atoms with Crippen LogP contribution in [-0.4, -0.2) is 4.57 Å². The second-order valence-electron chi connectivity index (χ2n) is 5.84. The molecule has 2 nitrogen and oxygen atoms in total. The molecule has 94 valence electrons. The van der Waals surface area contributed by atoms with Crippen molar-refractivity contribution in [3.8, 4) is 0 Å². The highest BCUT2D eigenvalue weighted by atomic mass is 15.0. The zero-order chi connectivity index (χ0) is 13.6. The first-order chi connectivity index (χ1) is 9.02. The van der Waals surface area contributed by atoms with Gasteiger partial charge in [0.15, 0.2) is 5.69 Å². The fourth-order valence-electron chi connectivity index (χ4n) is 2.75. The van der Waals surface area contributed by atoms with Crippen molar-refractivity contribution in [2.75, 3.05) is 0 Å². The number of aromatic nitrogens is 1. The van der Waals surface area contributed by atoms with E-state index in [2.05, 4.69) is 60.5 Å². The Morgan fingerprint density at radius 3 is 2.32 bits per heavy atom. The monoisotopic (exact) mass is 248 g/mol. The first-order valence-electron chi connectivity index (χ1n) is 6.43. The molecular formula is C17H16N2. The van der Waals surface area contributed by atoms with Gasteiger partial charge in [-0.15, -0.1) is 0 Å². The molecule has 3 aromatic rings. The van der Waals surface area contributed by atoms with E-state index in [-0.39, 0.29) is 5.54 Å². The van der Waals surface area contributed by atoms with E-state index in [0.717, 1.165) is 5.52 Å². The molecule has 1 heterocycles. The van der Waals surface area contributed by atoms with E-state index in [0.29, 0.717) is 5.69 Å². The third-order valence-electron chi connectivity index (χ3n) is 3.46. The van der Waals surface area contributed by atoms with Crippen molar-refractivity contribution < 1.29 is 0 Å². The van der Waals surface area contributed by atoms with E-state index >= 15 is 0 Å². The van der Waals surface area contributed by atoms with E-state index in [4.69, 9.17) is 6.57 Å². The van der Waals surface area contributed by atoms with Crippen molar-refractivity contribution in [2.24, 2.45) is 0 Å². The minimum absolute atomic E-state index is 0.0119. The lowest BCUT2D eigenvalue weighted by atomic mass is 10.1. The van der Waals surface area contributed by atoms with Crippen LogP contribution in [0.15, 0.2) is 42.5 Å². The van der Waals surface area contributed by atoms with E-state index in [1.165, 1.54) is 16.3 Å². The molecule has 0 saturated heterocycles. The summed E-state index contributed by atoms with van der Waals surface area (Å²) in [4.78, 5) is 3.55. The Bertz CT molecular complexity index is 811. The average Bonchev–Trinajstić information content (AvgIpc) is 2.71. The molecule has 19 heavy (non-hydrogen) atoms. The number of rotatable bonds is 0. The van der Waals surface area contributed by atoms with Gasteiger partial charge in [-0.3, -0.25) is 0 Å². The third kappa shape index (κ3) is 1.70. The zero-order valence-corrected chi connectivity index (χ0v) is 11.4. The fraction of sp³-hybridized carbons (Fsp3) is 0.235. The Balaban J connectivity index is 2.57. The Hall–Kier alpha value is -2.27. The number of para-hydroxylation sites is 1. The van der Waals surface area contributed by atoms with Crippen molar-refractivity contribution in [3.05, 3.63) is 53.9 Å². The summed E-state index contributed by atoms with van der Waals surface area (Å²) in [5.74, 6) is 0.